The molecular formula is C16H13NO2. The number of aromatic amines is 1. The Balaban J connectivity index is 2.14. The average molecular weight is 251 g/mol. The van der Waals surface area contributed by atoms with Gasteiger partial charge in [0.25, 0.3) is 0 Å². The number of carbonyl (C=O) groups is 1. The molecular weight excluding hydrogens is 238 g/mol. The Hall–Kier alpha value is -2.55. The summed E-state index contributed by atoms with van der Waals surface area (Å²) in [4.78, 5) is 14.6. The van der Waals surface area contributed by atoms with Crippen molar-refractivity contribution in [2.24, 2.45) is 0 Å². The number of carbonyl (C=O) groups excluding carboxylic acids is 1. The lowest BCUT2D eigenvalue weighted by molar-refractivity contribution is 0.0602. The summed E-state index contributed by atoms with van der Waals surface area (Å²) in [6.45, 7) is 0. The van der Waals surface area contributed by atoms with Crippen LogP contribution in [0.15, 0.2) is 54.9 Å². The lowest BCUT2D eigenvalue weighted by Gasteiger charge is -2.04. The molecule has 0 atom stereocenters. The summed E-state index contributed by atoms with van der Waals surface area (Å²) in [7, 11) is 1.39. The highest BCUT2D eigenvalue weighted by atomic mass is 16.5. The van der Waals surface area contributed by atoms with E-state index in [4.69, 9.17) is 4.74 Å². The second kappa shape index (κ2) is 4.61. The molecule has 3 rings (SSSR count). The summed E-state index contributed by atoms with van der Waals surface area (Å²) in [6.07, 6.45) is 3.48. The van der Waals surface area contributed by atoms with Crippen molar-refractivity contribution < 1.29 is 9.53 Å². The number of fused-ring (bicyclic) bond motifs is 1. The summed E-state index contributed by atoms with van der Waals surface area (Å²) in [6, 6.07) is 14.3. The van der Waals surface area contributed by atoms with E-state index in [0.29, 0.717) is 5.56 Å². The van der Waals surface area contributed by atoms with E-state index in [2.05, 4.69) is 29.2 Å². The molecule has 0 radical (unpaired) electrons. The molecule has 2 aromatic carbocycles. The van der Waals surface area contributed by atoms with Gasteiger partial charge < -0.3 is 9.72 Å². The van der Waals surface area contributed by atoms with Gasteiger partial charge in [-0.3, -0.25) is 0 Å². The van der Waals surface area contributed by atoms with E-state index in [1.807, 2.05) is 24.4 Å². The molecule has 0 aliphatic carbocycles. The Morgan fingerprint density at radius 3 is 2.63 bits per heavy atom. The van der Waals surface area contributed by atoms with Crippen LogP contribution in [0.2, 0.25) is 0 Å². The van der Waals surface area contributed by atoms with Crippen LogP contribution >= 0.6 is 0 Å². The summed E-state index contributed by atoms with van der Waals surface area (Å²) < 4.78 is 4.79. The summed E-state index contributed by atoms with van der Waals surface area (Å²) in [5, 5.41) is 2.33. The maximum atomic E-state index is 11.7. The van der Waals surface area contributed by atoms with Gasteiger partial charge in [-0.1, -0.05) is 36.4 Å². The molecule has 3 heteroatoms. The fourth-order valence-corrected chi connectivity index (χ4v) is 2.24. The van der Waals surface area contributed by atoms with Crippen molar-refractivity contribution in [1.82, 2.24) is 4.98 Å². The van der Waals surface area contributed by atoms with Crippen molar-refractivity contribution in [3.05, 3.63) is 60.4 Å². The van der Waals surface area contributed by atoms with Crippen molar-refractivity contribution >= 4 is 16.7 Å². The molecule has 1 aromatic heterocycles. The molecule has 0 saturated carbocycles. The number of hydrogen-bond donors (Lipinski definition) is 1. The Kier molecular flexibility index (Phi) is 2.80. The van der Waals surface area contributed by atoms with Crippen LogP contribution < -0.4 is 0 Å². The molecule has 0 unspecified atom stereocenters. The number of ether oxygens (including phenoxy) is 1. The van der Waals surface area contributed by atoms with Crippen molar-refractivity contribution in [1.29, 1.82) is 0 Å². The van der Waals surface area contributed by atoms with Crippen LogP contribution in [0.4, 0.5) is 0 Å². The molecule has 0 spiro atoms. The molecule has 0 amide bonds. The van der Waals surface area contributed by atoms with Gasteiger partial charge in [0.2, 0.25) is 0 Å². The van der Waals surface area contributed by atoms with Gasteiger partial charge in [-0.05, 0) is 22.4 Å². The van der Waals surface area contributed by atoms with Crippen LogP contribution in [-0.4, -0.2) is 18.1 Å². The Labute approximate surface area is 110 Å². The zero-order valence-corrected chi connectivity index (χ0v) is 10.5. The van der Waals surface area contributed by atoms with Crippen LogP contribution in [0.5, 0.6) is 0 Å². The number of benzene rings is 2. The largest absolute Gasteiger partial charge is 0.465 e. The van der Waals surface area contributed by atoms with E-state index in [0.717, 1.165) is 16.5 Å². The van der Waals surface area contributed by atoms with E-state index >= 15 is 0 Å². The molecule has 3 aromatic rings. The highest BCUT2D eigenvalue weighted by Gasteiger charge is 2.14. The minimum Gasteiger partial charge on any atom is -0.465 e. The highest BCUT2D eigenvalue weighted by Crippen LogP contribution is 2.27. The third kappa shape index (κ3) is 1.99. The average Bonchev–Trinajstić information content (AvgIpc) is 2.95. The second-order valence-corrected chi connectivity index (χ2v) is 4.34. The van der Waals surface area contributed by atoms with Crippen molar-refractivity contribution in [2.75, 3.05) is 7.11 Å². The Bertz CT molecular complexity index is 743. The first-order valence-electron chi connectivity index (χ1n) is 6.04. The van der Waals surface area contributed by atoms with E-state index in [-0.39, 0.29) is 5.97 Å². The van der Waals surface area contributed by atoms with Gasteiger partial charge in [-0.25, -0.2) is 4.79 Å². The molecule has 1 heterocycles. The number of rotatable bonds is 2. The lowest BCUT2D eigenvalue weighted by Crippen LogP contribution is -2.00. The van der Waals surface area contributed by atoms with Gasteiger partial charge in [0.05, 0.1) is 12.7 Å². The van der Waals surface area contributed by atoms with Crippen LogP contribution in [0.1, 0.15) is 10.4 Å². The fraction of sp³-hybridized carbons (Fsp3) is 0.0625. The number of esters is 1. The molecule has 0 saturated heterocycles. The second-order valence-electron chi connectivity index (χ2n) is 4.34. The molecule has 0 aliphatic rings. The van der Waals surface area contributed by atoms with Gasteiger partial charge in [0, 0.05) is 18.0 Å². The topological polar surface area (TPSA) is 42.1 Å². The standard InChI is InChI=1S/C16H13NO2/c1-19-16(18)15-10-17-9-14(15)13-7-6-11-4-2-3-5-12(11)8-13/h2-10,17H,1H3. The molecule has 3 nitrogen and oxygen atoms in total. The van der Waals surface area contributed by atoms with Gasteiger partial charge in [0.15, 0.2) is 0 Å². The number of methoxy groups -OCH3 is 1. The molecule has 1 N–H and O–H groups in total. The lowest BCUT2D eigenvalue weighted by atomic mass is 10.0. The fourth-order valence-electron chi connectivity index (χ4n) is 2.24. The van der Waals surface area contributed by atoms with Crippen molar-refractivity contribution in [3.63, 3.8) is 0 Å². The predicted octanol–water partition coefficient (Wildman–Crippen LogP) is 3.62. The molecule has 19 heavy (non-hydrogen) atoms. The molecule has 94 valence electrons. The maximum absolute atomic E-state index is 11.7. The van der Waals surface area contributed by atoms with Crippen LogP contribution in [0, 0.1) is 0 Å². The third-order valence-electron chi connectivity index (χ3n) is 3.21. The summed E-state index contributed by atoms with van der Waals surface area (Å²) in [5.41, 5.74) is 2.41. The quantitative estimate of drug-likeness (QED) is 0.707. The SMILES string of the molecule is COC(=O)c1c[nH]cc1-c1ccc2ccccc2c1. The number of H-pyrrole nitrogens is 1. The van der Waals surface area contributed by atoms with Gasteiger partial charge in [-0.15, -0.1) is 0 Å². The van der Waals surface area contributed by atoms with Gasteiger partial charge in [0.1, 0.15) is 0 Å². The highest BCUT2D eigenvalue weighted by molar-refractivity contribution is 5.98. The minimum absolute atomic E-state index is 0.329. The van der Waals surface area contributed by atoms with Gasteiger partial charge in [-0.2, -0.15) is 0 Å². The van der Waals surface area contributed by atoms with Gasteiger partial charge >= 0.3 is 5.97 Å². The first-order chi connectivity index (χ1) is 9.29. The first kappa shape index (κ1) is 11.5. The van der Waals surface area contributed by atoms with E-state index < -0.39 is 0 Å². The van der Waals surface area contributed by atoms with Crippen LogP contribution in [0.3, 0.4) is 0 Å². The van der Waals surface area contributed by atoms with E-state index in [9.17, 15) is 4.79 Å². The summed E-state index contributed by atoms with van der Waals surface area (Å²) >= 11 is 0. The third-order valence-corrected chi connectivity index (χ3v) is 3.21. The number of hydrogen-bond acceptors (Lipinski definition) is 2. The normalized spacial score (nSPS) is 10.6. The zero-order valence-electron chi connectivity index (χ0n) is 10.5. The minimum atomic E-state index is -0.329. The molecule has 0 bridgehead atoms. The summed E-state index contributed by atoms with van der Waals surface area (Å²) in [5.74, 6) is -0.329. The first-order valence-corrected chi connectivity index (χ1v) is 6.04. The Morgan fingerprint density at radius 1 is 1.05 bits per heavy atom. The van der Waals surface area contributed by atoms with E-state index in [1.54, 1.807) is 6.20 Å². The zero-order chi connectivity index (χ0) is 13.2. The maximum Gasteiger partial charge on any atom is 0.340 e. The van der Waals surface area contributed by atoms with Crippen LogP contribution in [-0.2, 0) is 4.74 Å². The van der Waals surface area contributed by atoms with Crippen LogP contribution in [0.25, 0.3) is 21.9 Å². The number of aromatic nitrogens is 1. The van der Waals surface area contributed by atoms with E-state index in [1.165, 1.54) is 12.5 Å². The van der Waals surface area contributed by atoms with Crippen molar-refractivity contribution in [3.8, 4) is 11.1 Å². The smallest absolute Gasteiger partial charge is 0.340 e. The van der Waals surface area contributed by atoms with Crippen molar-refractivity contribution in [2.45, 2.75) is 0 Å². The predicted molar refractivity (Wildman–Crippen MR) is 75.1 cm³/mol. The monoisotopic (exact) mass is 251 g/mol. The molecule has 0 aliphatic heterocycles. The Morgan fingerprint density at radius 2 is 1.84 bits per heavy atom. The molecule has 0 fully saturated rings. The number of nitrogens with one attached hydrogen (secondary N) is 1.